The number of hydrogen-bond donors (Lipinski definition) is 0. The summed E-state index contributed by atoms with van der Waals surface area (Å²) in [7, 11) is 1.73. The molecule has 0 radical (unpaired) electrons. The fourth-order valence-corrected chi connectivity index (χ4v) is 1.41. The van der Waals surface area contributed by atoms with E-state index in [0.29, 0.717) is 6.10 Å². The smallest absolute Gasteiger partial charge is 0.219 e. The molecule has 0 unspecified atom stereocenters. The Balaban J connectivity index is 0.000000423. The summed E-state index contributed by atoms with van der Waals surface area (Å²) >= 11 is 0. The van der Waals surface area contributed by atoms with E-state index in [4.69, 9.17) is 4.74 Å². The molecule has 0 aliphatic carbocycles. The minimum atomic E-state index is 0.180. The molecule has 0 spiro atoms. The predicted octanol–water partition coefficient (Wildman–Crippen LogP) is 2.31. The second-order valence-electron chi connectivity index (χ2n) is 4.67. The number of amides is 1. The molecule has 0 aromatic heterocycles. The fourth-order valence-electron chi connectivity index (χ4n) is 1.41. The summed E-state index contributed by atoms with van der Waals surface area (Å²) in [5, 5.41) is 0. The van der Waals surface area contributed by atoms with Crippen LogP contribution in [0.3, 0.4) is 0 Å². The van der Waals surface area contributed by atoms with E-state index in [-0.39, 0.29) is 5.91 Å². The number of carbonyl (C=O) groups is 1. The van der Waals surface area contributed by atoms with Gasteiger partial charge in [-0.25, -0.2) is 0 Å². The van der Waals surface area contributed by atoms with Crippen LogP contribution in [0.5, 0.6) is 0 Å². The Morgan fingerprint density at radius 1 is 1.27 bits per heavy atom. The summed E-state index contributed by atoms with van der Waals surface area (Å²) in [4.78, 5) is 12.7. The first-order valence-electron chi connectivity index (χ1n) is 5.75. The van der Waals surface area contributed by atoms with Crippen LogP contribution < -0.4 is 0 Å². The van der Waals surface area contributed by atoms with Crippen LogP contribution in [0.2, 0.25) is 0 Å². The zero-order valence-electron chi connectivity index (χ0n) is 10.7. The van der Waals surface area contributed by atoms with Gasteiger partial charge in [0.05, 0.1) is 6.10 Å². The van der Waals surface area contributed by atoms with Crippen molar-refractivity contribution in [3.8, 4) is 0 Å². The third-order valence-corrected chi connectivity index (χ3v) is 2.22. The van der Waals surface area contributed by atoms with Crippen molar-refractivity contribution in [3.05, 3.63) is 0 Å². The molecule has 1 amide bonds. The number of methoxy groups -OCH3 is 1. The number of rotatable bonds is 1. The van der Waals surface area contributed by atoms with Crippen molar-refractivity contribution in [1.82, 2.24) is 4.90 Å². The summed E-state index contributed by atoms with van der Waals surface area (Å²) in [5.41, 5.74) is 0. The number of carbonyl (C=O) groups excluding carboxylic acids is 1. The van der Waals surface area contributed by atoms with Crippen LogP contribution in [0, 0.1) is 5.92 Å². The highest BCUT2D eigenvalue weighted by molar-refractivity contribution is 5.73. The van der Waals surface area contributed by atoms with Crippen LogP contribution in [-0.4, -0.2) is 37.1 Å². The van der Waals surface area contributed by atoms with Crippen molar-refractivity contribution in [2.24, 2.45) is 5.92 Å². The van der Waals surface area contributed by atoms with Crippen LogP contribution in [0.1, 0.15) is 40.5 Å². The lowest BCUT2D eigenvalue weighted by molar-refractivity contribution is -0.131. The Morgan fingerprint density at radius 3 is 1.93 bits per heavy atom. The van der Waals surface area contributed by atoms with E-state index < -0.39 is 0 Å². The minimum absolute atomic E-state index is 0.180. The molecule has 0 N–H and O–H groups in total. The Bertz CT molecular complexity index is 170. The molecule has 3 heteroatoms. The van der Waals surface area contributed by atoms with Crippen LogP contribution >= 0.6 is 0 Å². The van der Waals surface area contributed by atoms with Gasteiger partial charge in [-0.1, -0.05) is 20.8 Å². The Kier molecular flexibility index (Phi) is 7.39. The molecule has 0 aromatic carbocycles. The van der Waals surface area contributed by atoms with Crippen molar-refractivity contribution in [2.75, 3.05) is 20.2 Å². The molecule has 3 nitrogen and oxygen atoms in total. The highest BCUT2D eigenvalue weighted by Gasteiger charge is 2.19. The lowest BCUT2D eigenvalue weighted by Gasteiger charge is -2.30. The standard InChI is InChI=1S/C8H15NO2.C4H10/c1-7(10)9-5-3-8(11-2)4-6-9;1-4(2)3/h8H,3-6H2,1-2H3;4H,1-3H3. The van der Waals surface area contributed by atoms with Gasteiger partial charge in [0.2, 0.25) is 5.91 Å². The van der Waals surface area contributed by atoms with Crippen molar-refractivity contribution in [1.29, 1.82) is 0 Å². The van der Waals surface area contributed by atoms with Gasteiger partial charge >= 0.3 is 0 Å². The summed E-state index contributed by atoms with van der Waals surface area (Å²) in [6.07, 6.45) is 2.33. The molecule has 90 valence electrons. The van der Waals surface area contributed by atoms with Gasteiger partial charge in [-0.05, 0) is 18.8 Å². The van der Waals surface area contributed by atoms with Gasteiger partial charge in [0.1, 0.15) is 0 Å². The van der Waals surface area contributed by atoms with Crippen LogP contribution in [0.15, 0.2) is 0 Å². The van der Waals surface area contributed by atoms with Gasteiger partial charge in [0.25, 0.3) is 0 Å². The normalized spacial score (nSPS) is 17.3. The molecule has 0 bridgehead atoms. The molecule has 1 heterocycles. The zero-order chi connectivity index (χ0) is 11.8. The molecule has 1 rings (SSSR count). The van der Waals surface area contributed by atoms with Crippen molar-refractivity contribution >= 4 is 5.91 Å². The molecule has 1 fully saturated rings. The summed E-state index contributed by atoms with van der Waals surface area (Å²) in [6.45, 7) is 9.83. The number of likely N-dealkylation sites (tertiary alicyclic amines) is 1. The zero-order valence-corrected chi connectivity index (χ0v) is 10.7. The van der Waals surface area contributed by atoms with Gasteiger partial charge < -0.3 is 9.64 Å². The monoisotopic (exact) mass is 215 g/mol. The maximum Gasteiger partial charge on any atom is 0.219 e. The summed E-state index contributed by atoms with van der Waals surface area (Å²) in [6, 6.07) is 0. The average molecular weight is 215 g/mol. The highest BCUT2D eigenvalue weighted by Crippen LogP contribution is 2.12. The third-order valence-electron chi connectivity index (χ3n) is 2.22. The van der Waals surface area contributed by atoms with Gasteiger partial charge in [-0.3, -0.25) is 4.79 Å². The number of piperidine rings is 1. The van der Waals surface area contributed by atoms with E-state index in [1.807, 2.05) is 4.90 Å². The molecule has 1 aliphatic rings. The van der Waals surface area contributed by atoms with E-state index in [1.54, 1.807) is 14.0 Å². The van der Waals surface area contributed by atoms with E-state index in [9.17, 15) is 4.79 Å². The number of hydrogen-bond acceptors (Lipinski definition) is 2. The van der Waals surface area contributed by atoms with E-state index in [0.717, 1.165) is 31.8 Å². The first-order valence-corrected chi connectivity index (χ1v) is 5.75. The van der Waals surface area contributed by atoms with E-state index in [1.165, 1.54) is 0 Å². The Hall–Kier alpha value is -0.570. The SMILES string of the molecule is CC(C)C.COC1CCN(C(C)=O)CC1. The van der Waals surface area contributed by atoms with Crippen molar-refractivity contribution < 1.29 is 9.53 Å². The first-order chi connectivity index (χ1) is 6.97. The van der Waals surface area contributed by atoms with E-state index >= 15 is 0 Å². The maximum atomic E-state index is 10.9. The average Bonchev–Trinajstić information content (AvgIpc) is 2.17. The second kappa shape index (κ2) is 7.69. The summed E-state index contributed by atoms with van der Waals surface area (Å²) < 4.78 is 5.18. The van der Waals surface area contributed by atoms with Gasteiger partial charge in [-0.15, -0.1) is 0 Å². The molecule has 1 aliphatic heterocycles. The molecular weight excluding hydrogens is 190 g/mol. The molecule has 15 heavy (non-hydrogen) atoms. The van der Waals surface area contributed by atoms with Gasteiger partial charge in [0, 0.05) is 27.1 Å². The predicted molar refractivity (Wildman–Crippen MR) is 62.8 cm³/mol. The molecule has 0 saturated carbocycles. The van der Waals surface area contributed by atoms with Crippen LogP contribution in [-0.2, 0) is 9.53 Å². The lowest BCUT2D eigenvalue weighted by Crippen LogP contribution is -2.39. The molecule has 1 saturated heterocycles. The topological polar surface area (TPSA) is 29.5 Å². The Labute approximate surface area is 93.8 Å². The minimum Gasteiger partial charge on any atom is -0.381 e. The summed E-state index contributed by atoms with van der Waals surface area (Å²) in [5.74, 6) is 1.01. The first kappa shape index (κ1) is 14.4. The number of ether oxygens (including phenoxy) is 1. The molecule has 0 atom stereocenters. The van der Waals surface area contributed by atoms with Gasteiger partial charge in [0.15, 0.2) is 0 Å². The van der Waals surface area contributed by atoms with Gasteiger partial charge in [-0.2, -0.15) is 0 Å². The van der Waals surface area contributed by atoms with Crippen LogP contribution in [0.4, 0.5) is 0 Å². The van der Waals surface area contributed by atoms with E-state index in [2.05, 4.69) is 20.8 Å². The second-order valence-corrected chi connectivity index (χ2v) is 4.67. The highest BCUT2D eigenvalue weighted by atomic mass is 16.5. The van der Waals surface area contributed by atoms with Crippen molar-refractivity contribution in [2.45, 2.75) is 46.6 Å². The largest absolute Gasteiger partial charge is 0.381 e. The fraction of sp³-hybridized carbons (Fsp3) is 0.917. The number of nitrogens with zero attached hydrogens (tertiary/aromatic N) is 1. The quantitative estimate of drug-likeness (QED) is 0.671. The van der Waals surface area contributed by atoms with Crippen LogP contribution in [0.25, 0.3) is 0 Å². The third kappa shape index (κ3) is 7.37. The Morgan fingerprint density at radius 2 is 1.67 bits per heavy atom. The lowest BCUT2D eigenvalue weighted by atomic mass is 10.1. The molecular formula is C12H25NO2. The maximum absolute atomic E-state index is 10.9. The van der Waals surface area contributed by atoms with Crippen molar-refractivity contribution in [3.63, 3.8) is 0 Å². The molecule has 0 aromatic rings.